The van der Waals surface area contributed by atoms with Crippen molar-refractivity contribution in [2.24, 2.45) is 40.4 Å². The Labute approximate surface area is 143 Å². The van der Waals surface area contributed by atoms with Crippen LogP contribution in [0, 0.1) is 40.4 Å². The van der Waals surface area contributed by atoms with Crippen molar-refractivity contribution >= 4 is 0 Å². The fraction of sp³-hybridized carbons (Fsp3) is 0.826. The maximum absolute atomic E-state index is 4.28. The largest absolute Gasteiger partial charge is 0.0958 e. The van der Waals surface area contributed by atoms with Crippen molar-refractivity contribution in [1.82, 2.24) is 0 Å². The molecular formula is C23H36. The molecule has 0 aromatic carbocycles. The van der Waals surface area contributed by atoms with Crippen LogP contribution in [0.15, 0.2) is 23.8 Å². The van der Waals surface area contributed by atoms with Gasteiger partial charge < -0.3 is 0 Å². The average molecular weight is 313 g/mol. The molecule has 0 heterocycles. The zero-order valence-corrected chi connectivity index (χ0v) is 15.8. The highest BCUT2D eigenvalue weighted by atomic mass is 14.6. The molecule has 4 aliphatic carbocycles. The summed E-state index contributed by atoms with van der Waals surface area (Å²) in [5, 5.41) is 0. The van der Waals surface area contributed by atoms with Gasteiger partial charge in [-0.25, -0.2) is 0 Å². The van der Waals surface area contributed by atoms with E-state index >= 15 is 0 Å². The van der Waals surface area contributed by atoms with Gasteiger partial charge in [-0.05, 0) is 85.4 Å². The molecule has 23 heavy (non-hydrogen) atoms. The molecule has 0 N–H and O–H groups in total. The van der Waals surface area contributed by atoms with Crippen LogP contribution < -0.4 is 0 Å². The fourth-order valence-corrected chi connectivity index (χ4v) is 7.85. The molecule has 0 saturated heterocycles. The zero-order valence-electron chi connectivity index (χ0n) is 15.8. The molecule has 128 valence electrons. The van der Waals surface area contributed by atoms with Gasteiger partial charge >= 0.3 is 0 Å². The van der Waals surface area contributed by atoms with Crippen LogP contribution in [-0.4, -0.2) is 0 Å². The normalized spacial score (nSPS) is 52.4. The standard InChI is InChI=1S/C23H36/c1-6-17-7-8-19-18-14-16(3)21-13-15(2)9-11-23(21,5)20(18)10-12-22(17,19)4/h13,16-20H,2,6-12,14H2,1,3-5H3. The number of fused-ring (bicyclic) bond motifs is 5. The van der Waals surface area contributed by atoms with Gasteiger partial charge in [-0.1, -0.05) is 57.9 Å². The van der Waals surface area contributed by atoms with E-state index in [2.05, 4.69) is 40.3 Å². The molecule has 0 radical (unpaired) electrons. The molecule has 0 spiro atoms. The van der Waals surface area contributed by atoms with E-state index in [-0.39, 0.29) is 0 Å². The lowest BCUT2D eigenvalue weighted by molar-refractivity contribution is -0.0603. The molecule has 3 fully saturated rings. The Kier molecular flexibility index (Phi) is 3.64. The fourth-order valence-electron chi connectivity index (χ4n) is 7.85. The van der Waals surface area contributed by atoms with Crippen LogP contribution in [0.25, 0.3) is 0 Å². The third-order valence-electron chi connectivity index (χ3n) is 9.09. The third-order valence-corrected chi connectivity index (χ3v) is 9.09. The van der Waals surface area contributed by atoms with E-state index in [1.54, 1.807) is 5.57 Å². The van der Waals surface area contributed by atoms with E-state index in [0.717, 1.165) is 29.6 Å². The van der Waals surface area contributed by atoms with Gasteiger partial charge in [0.05, 0.1) is 0 Å². The summed E-state index contributed by atoms with van der Waals surface area (Å²) in [5.74, 6) is 4.73. The number of rotatable bonds is 1. The Morgan fingerprint density at radius 1 is 1.13 bits per heavy atom. The first-order valence-electron chi connectivity index (χ1n) is 10.3. The molecule has 3 saturated carbocycles. The summed E-state index contributed by atoms with van der Waals surface area (Å²) in [5.41, 5.74) is 4.29. The molecule has 0 bridgehead atoms. The van der Waals surface area contributed by atoms with Gasteiger partial charge in [0, 0.05) is 0 Å². The van der Waals surface area contributed by atoms with Crippen molar-refractivity contribution in [1.29, 1.82) is 0 Å². The van der Waals surface area contributed by atoms with E-state index in [1.165, 1.54) is 56.9 Å². The van der Waals surface area contributed by atoms with Crippen molar-refractivity contribution in [3.63, 3.8) is 0 Å². The highest BCUT2D eigenvalue weighted by Gasteiger charge is 2.59. The Hall–Kier alpha value is -0.520. The second-order valence-electron chi connectivity index (χ2n) is 9.92. The first-order chi connectivity index (χ1) is 10.9. The van der Waals surface area contributed by atoms with Gasteiger partial charge in [-0.2, -0.15) is 0 Å². The highest BCUT2D eigenvalue weighted by Crippen LogP contribution is 2.68. The van der Waals surface area contributed by atoms with Crippen molar-refractivity contribution in [2.75, 3.05) is 0 Å². The topological polar surface area (TPSA) is 0 Å². The maximum Gasteiger partial charge on any atom is -0.00763 e. The Morgan fingerprint density at radius 3 is 2.65 bits per heavy atom. The lowest BCUT2D eigenvalue weighted by Gasteiger charge is -2.60. The molecule has 0 nitrogen and oxygen atoms in total. The first kappa shape index (κ1) is 16.0. The summed E-state index contributed by atoms with van der Waals surface area (Å²) in [6, 6.07) is 0. The molecule has 7 atom stereocenters. The van der Waals surface area contributed by atoms with Crippen molar-refractivity contribution in [3.8, 4) is 0 Å². The Bertz CT molecular complexity index is 540. The molecule has 0 aliphatic heterocycles. The molecular weight excluding hydrogens is 276 g/mol. The molecule has 4 aliphatic rings. The van der Waals surface area contributed by atoms with E-state index in [4.69, 9.17) is 0 Å². The summed E-state index contributed by atoms with van der Waals surface area (Å²) < 4.78 is 0. The van der Waals surface area contributed by atoms with Crippen LogP contribution in [0.1, 0.15) is 79.1 Å². The smallest absolute Gasteiger partial charge is 0.00763 e. The maximum atomic E-state index is 4.28. The van der Waals surface area contributed by atoms with Gasteiger partial charge in [0.2, 0.25) is 0 Å². The Morgan fingerprint density at radius 2 is 1.91 bits per heavy atom. The number of hydrogen-bond donors (Lipinski definition) is 0. The predicted molar refractivity (Wildman–Crippen MR) is 99.2 cm³/mol. The molecule has 0 heteroatoms. The minimum Gasteiger partial charge on any atom is -0.0958 e. The third kappa shape index (κ3) is 2.09. The van der Waals surface area contributed by atoms with Crippen molar-refractivity contribution < 1.29 is 0 Å². The molecule has 7 unspecified atom stereocenters. The number of allylic oxidation sites excluding steroid dienone is 3. The van der Waals surface area contributed by atoms with Crippen molar-refractivity contribution in [3.05, 3.63) is 23.8 Å². The lowest BCUT2D eigenvalue weighted by atomic mass is 9.45. The predicted octanol–water partition coefficient (Wildman–Crippen LogP) is 6.78. The summed E-state index contributed by atoms with van der Waals surface area (Å²) in [4.78, 5) is 0. The van der Waals surface area contributed by atoms with Gasteiger partial charge in [0.15, 0.2) is 0 Å². The van der Waals surface area contributed by atoms with Gasteiger partial charge in [0.25, 0.3) is 0 Å². The minimum atomic E-state index is 0.481. The van der Waals surface area contributed by atoms with Crippen LogP contribution >= 0.6 is 0 Å². The summed E-state index contributed by atoms with van der Waals surface area (Å²) in [7, 11) is 0. The van der Waals surface area contributed by atoms with Crippen LogP contribution in [0.4, 0.5) is 0 Å². The molecule has 0 amide bonds. The molecule has 4 rings (SSSR count). The van der Waals surface area contributed by atoms with Crippen molar-refractivity contribution in [2.45, 2.75) is 79.1 Å². The first-order valence-corrected chi connectivity index (χ1v) is 10.3. The number of hydrogen-bond acceptors (Lipinski definition) is 0. The van der Waals surface area contributed by atoms with E-state index in [0.29, 0.717) is 10.8 Å². The SMILES string of the molecule is C=C1C=C2C(C)CC3C(CCC4(C)C(CC)CCC34)C2(C)CC1. The average Bonchev–Trinajstić information content (AvgIpc) is 2.86. The van der Waals surface area contributed by atoms with E-state index in [1.807, 2.05) is 0 Å². The summed E-state index contributed by atoms with van der Waals surface area (Å²) >= 11 is 0. The Balaban J connectivity index is 1.71. The van der Waals surface area contributed by atoms with Crippen LogP contribution in [0.5, 0.6) is 0 Å². The highest BCUT2D eigenvalue weighted by molar-refractivity contribution is 5.34. The molecule has 0 aromatic heterocycles. The van der Waals surface area contributed by atoms with E-state index in [9.17, 15) is 0 Å². The summed E-state index contributed by atoms with van der Waals surface area (Å²) in [6.07, 6.45) is 14.0. The second-order valence-corrected chi connectivity index (χ2v) is 9.92. The summed E-state index contributed by atoms with van der Waals surface area (Å²) in [6.45, 7) is 14.5. The van der Waals surface area contributed by atoms with E-state index < -0.39 is 0 Å². The zero-order chi connectivity index (χ0) is 16.4. The van der Waals surface area contributed by atoms with Gasteiger partial charge in [-0.15, -0.1) is 0 Å². The van der Waals surface area contributed by atoms with Gasteiger partial charge in [-0.3, -0.25) is 0 Å². The van der Waals surface area contributed by atoms with Crippen LogP contribution in [0.2, 0.25) is 0 Å². The minimum absolute atomic E-state index is 0.481. The monoisotopic (exact) mass is 312 g/mol. The quantitative estimate of drug-likeness (QED) is 0.500. The lowest BCUT2D eigenvalue weighted by Crippen LogP contribution is -2.51. The van der Waals surface area contributed by atoms with Gasteiger partial charge in [0.1, 0.15) is 0 Å². The second kappa shape index (κ2) is 5.24. The van der Waals surface area contributed by atoms with Crippen LogP contribution in [0.3, 0.4) is 0 Å². The van der Waals surface area contributed by atoms with Crippen LogP contribution in [-0.2, 0) is 0 Å². The molecule has 0 aromatic rings.